The number of aromatic nitrogens is 1. The fourth-order valence-corrected chi connectivity index (χ4v) is 4.11. The normalized spacial score (nSPS) is 11.5. The Kier molecular flexibility index (Phi) is 4.17. The van der Waals surface area contributed by atoms with Gasteiger partial charge in [-0.05, 0) is 54.8 Å². The van der Waals surface area contributed by atoms with Crippen LogP contribution in [0.3, 0.4) is 0 Å². The first-order chi connectivity index (χ1) is 14.4. The van der Waals surface area contributed by atoms with Gasteiger partial charge in [-0.2, -0.15) is 0 Å². The van der Waals surface area contributed by atoms with E-state index in [0.29, 0.717) is 16.7 Å². The molecule has 0 aliphatic heterocycles. The Hall–Kier alpha value is -3.53. The van der Waals surface area contributed by atoms with E-state index >= 15 is 0 Å². The summed E-state index contributed by atoms with van der Waals surface area (Å²) in [7, 11) is 2.00. The molecule has 5 aromatic rings. The summed E-state index contributed by atoms with van der Waals surface area (Å²) < 4.78 is 36.7. The summed E-state index contributed by atoms with van der Waals surface area (Å²) in [4.78, 5) is 0. The van der Waals surface area contributed by atoms with Crippen molar-refractivity contribution in [3.63, 3.8) is 0 Å². The Morgan fingerprint density at radius 3 is 2.17 bits per heavy atom. The predicted octanol–water partition coefficient (Wildman–Crippen LogP) is 6.64. The van der Waals surface area contributed by atoms with E-state index in [4.69, 9.17) is 4.42 Å². The molecule has 0 unspecified atom stereocenters. The average molecular weight is 400 g/mol. The van der Waals surface area contributed by atoms with Gasteiger partial charge in [0.2, 0.25) is 5.69 Å². The van der Waals surface area contributed by atoms with Crippen LogP contribution in [0, 0.1) is 25.5 Å². The van der Waals surface area contributed by atoms with Gasteiger partial charge >= 0.3 is 0 Å². The van der Waals surface area contributed by atoms with Gasteiger partial charge < -0.3 is 4.42 Å². The van der Waals surface area contributed by atoms with E-state index in [-0.39, 0.29) is 5.82 Å². The highest BCUT2D eigenvalue weighted by Gasteiger charge is 2.23. The first-order valence-electron chi connectivity index (χ1n) is 9.81. The fourth-order valence-electron chi connectivity index (χ4n) is 4.11. The van der Waals surface area contributed by atoms with Crippen LogP contribution < -0.4 is 4.57 Å². The molecule has 2 heterocycles. The lowest BCUT2D eigenvalue weighted by atomic mass is 9.98. The minimum Gasteiger partial charge on any atom is -0.454 e. The molecule has 0 saturated carbocycles. The van der Waals surface area contributed by atoms with Crippen LogP contribution in [0.5, 0.6) is 0 Å². The number of hydrogen-bond donors (Lipinski definition) is 0. The van der Waals surface area contributed by atoms with Crippen molar-refractivity contribution in [2.45, 2.75) is 13.8 Å². The van der Waals surface area contributed by atoms with Crippen molar-refractivity contribution in [2.24, 2.45) is 7.05 Å². The van der Waals surface area contributed by atoms with Crippen LogP contribution >= 0.6 is 0 Å². The van der Waals surface area contributed by atoms with Gasteiger partial charge in [-0.1, -0.05) is 24.3 Å². The number of halogens is 2. The third-order valence-electron chi connectivity index (χ3n) is 5.66. The SMILES string of the molecule is Cc1cc[n+](C)c(-c2c(C)ccc3c2oc2c(-c4ccc(F)cc4)c(F)ccc23)c1. The molecule has 2 nitrogen and oxygen atoms in total. The first kappa shape index (κ1) is 18.5. The smallest absolute Gasteiger partial charge is 0.216 e. The van der Waals surface area contributed by atoms with Crippen molar-refractivity contribution < 1.29 is 17.8 Å². The van der Waals surface area contributed by atoms with Crippen LogP contribution in [0.4, 0.5) is 8.78 Å². The van der Waals surface area contributed by atoms with Gasteiger partial charge in [0.05, 0.1) is 11.1 Å². The Bertz CT molecular complexity index is 1430. The van der Waals surface area contributed by atoms with Crippen molar-refractivity contribution in [3.8, 4) is 22.4 Å². The van der Waals surface area contributed by atoms with Gasteiger partial charge in [-0.25, -0.2) is 13.3 Å². The molecule has 3 aromatic carbocycles. The Morgan fingerprint density at radius 2 is 1.43 bits per heavy atom. The maximum Gasteiger partial charge on any atom is 0.216 e. The predicted molar refractivity (Wildman–Crippen MR) is 115 cm³/mol. The van der Waals surface area contributed by atoms with E-state index < -0.39 is 5.82 Å². The van der Waals surface area contributed by atoms with Crippen molar-refractivity contribution >= 4 is 21.9 Å². The topological polar surface area (TPSA) is 17.0 Å². The van der Waals surface area contributed by atoms with Gasteiger partial charge in [-0.3, -0.25) is 0 Å². The molecule has 5 rings (SSSR count). The minimum absolute atomic E-state index is 0.348. The van der Waals surface area contributed by atoms with E-state index in [0.717, 1.165) is 38.7 Å². The van der Waals surface area contributed by atoms with Gasteiger partial charge in [0.1, 0.15) is 29.8 Å². The summed E-state index contributed by atoms with van der Waals surface area (Å²) >= 11 is 0. The number of hydrogen-bond acceptors (Lipinski definition) is 1. The van der Waals surface area contributed by atoms with Gasteiger partial charge in [-0.15, -0.1) is 0 Å². The van der Waals surface area contributed by atoms with Crippen LogP contribution in [-0.4, -0.2) is 0 Å². The maximum atomic E-state index is 14.9. The molecule has 0 atom stereocenters. The summed E-state index contributed by atoms with van der Waals surface area (Å²) in [6.07, 6.45) is 2.02. The first-order valence-corrected chi connectivity index (χ1v) is 9.81. The summed E-state index contributed by atoms with van der Waals surface area (Å²) in [6, 6.07) is 17.3. The van der Waals surface area contributed by atoms with Gasteiger partial charge in [0.25, 0.3) is 0 Å². The zero-order chi connectivity index (χ0) is 21.0. The molecule has 0 amide bonds. The molecule has 0 saturated heterocycles. The highest BCUT2D eigenvalue weighted by Crippen LogP contribution is 2.41. The summed E-state index contributed by atoms with van der Waals surface area (Å²) in [6.45, 7) is 4.10. The molecule has 0 radical (unpaired) electrons. The molecule has 0 aliphatic rings. The lowest BCUT2D eigenvalue weighted by Crippen LogP contribution is -2.30. The highest BCUT2D eigenvalue weighted by atomic mass is 19.1. The number of furan rings is 1. The molecule has 148 valence electrons. The number of fused-ring (bicyclic) bond motifs is 3. The summed E-state index contributed by atoms with van der Waals surface area (Å²) in [5.74, 6) is -0.756. The molecule has 0 aliphatic carbocycles. The second kappa shape index (κ2) is 6.77. The number of rotatable bonds is 2. The monoisotopic (exact) mass is 400 g/mol. The second-order valence-corrected chi connectivity index (χ2v) is 7.74. The molecular weight excluding hydrogens is 380 g/mol. The van der Waals surface area contributed by atoms with Crippen molar-refractivity contribution in [3.05, 3.63) is 89.6 Å². The van der Waals surface area contributed by atoms with E-state index in [1.54, 1.807) is 18.2 Å². The number of nitrogens with zero attached hydrogens (tertiary/aromatic N) is 1. The highest BCUT2D eigenvalue weighted by molar-refractivity contribution is 6.13. The van der Waals surface area contributed by atoms with Crippen LogP contribution in [-0.2, 0) is 7.05 Å². The Balaban J connectivity index is 1.89. The van der Waals surface area contributed by atoms with Crippen LogP contribution in [0.25, 0.3) is 44.3 Å². The zero-order valence-electron chi connectivity index (χ0n) is 17.0. The molecular formula is C26H20F2NO+. The van der Waals surface area contributed by atoms with Crippen LogP contribution in [0.2, 0.25) is 0 Å². The third kappa shape index (κ3) is 2.79. The molecule has 0 N–H and O–H groups in total. The minimum atomic E-state index is -0.396. The molecule has 0 bridgehead atoms. The Morgan fingerprint density at radius 1 is 0.767 bits per heavy atom. The lowest BCUT2D eigenvalue weighted by molar-refractivity contribution is -0.660. The third-order valence-corrected chi connectivity index (χ3v) is 5.66. The summed E-state index contributed by atoms with van der Waals surface area (Å²) in [5, 5.41) is 1.76. The van der Waals surface area contributed by atoms with Gasteiger partial charge in [0, 0.05) is 22.9 Å². The summed E-state index contributed by atoms with van der Waals surface area (Å²) in [5.41, 5.74) is 6.36. The van der Waals surface area contributed by atoms with Crippen molar-refractivity contribution in [2.75, 3.05) is 0 Å². The van der Waals surface area contributed by atoms with Crippen molar-refractivity contribution in [1.82, 2.24) is 0 Å². The van der Waals surface area contributed by atoms with Gasteiger partial charge in [0.15, 0.2) is 6.20 Å². The average Bonchev–Trinajstić information content (AvgIpc) is 3.09. The quantitative estimate of drug-likeness (QED) is 0.304. The van der Waals surface area contributed by atoms with Crippen molar-refractivity contribution in [1.29, 1.82) is 0 Å². The molecule has 30 heavy (non-hydrogen) atoms. The van der Waals surface area contributed by atoms with E-state index in [2.05, 4.69) is 29.7 Å². The fraction of sp³-hybridized carbons (Fsp3) is 0.115. The number of benzene rings is 3. The molecule has 4 heteroatoms. The van der Waals surface area contributed by atoms with E-state index in [9.17, 15) is 8.78 Å². The number of aryl methyl sites for hydroxylation is 3. The van der Waals surface area contributed by atoms with E-state index in [1.165, 1.54) is 18.2 Å². The molecule has 0 fully saturated rings. The Labute approximate surface area is 173 Å². The van der Waals surface area contributed by atoms with Crippen LogP contribution in [0.1, 0.15) is 11.1 Å². The van der Waals surface area contributed by atoms with Crippen LogP contribution in [0.15, 0.2) is 71.3 Å². The number of pyridine rings is 1. The second-order valence-electron chi connectivity index (χ2n) is 7.74. The zero-order valence-corrected chi connectivity index (χ0v) is 17.0. The molecule has 0 spiro atoms. The standard InChI is InChI=1S/C26H20F2NO/c1-15-12-13-29(3)22(14-15)23-16(2)4-9-19-20-10-11-21(28)24(26(20)30-25(19)23)17-5-7-18(27)8-6-17/h4-14H,1-3H3/q+1. The maximum absolute atomic E-state index is 14.9. The van der Waals surface area contributed by atoms with E-state index in [1.807, 2.05) is 26.2 Å². The lowest BCUT2D eigenvalue weighted by Gasteiger charge is -2.06. The largest absolute Gasteiger partial charge is 0.454 e. The molecule has 2 aromatic heterocycles.